The van der Waals surface area contributed by atoms with Crippen LogP contribution in [-0.2, 0) is 11.3 Å². The molecular formula is C18H26N2O2. The molecule has 0 spiro atoms. The third-order valence-electron chi connectivity index (χ3n) is 4.58. The average Bonchev–Trinajstić information content (AvgIpc) is 3.24. The highest BCUT2D eigenvalue weighted by Gasteiger charge is 2.31. The maximum atomic E-state index is 11.7. The lowest BCUT2D eigenvalue weighted by molar-refractivity contribution is -0.129. The van der Waals surface area contributed by atoms with Gasteiger partial charge in [0.2, 0.25) is 5.91 Å². The Morgan fingerprint density at radius 3 is 2.86 bits per heavy atom. The summed E-state index contributed by atoms with van der Waals surface area (Å²) in [6, 6.07) is 9.17. The molecule has 0 aromatic heterocycles. The highest BCUT2D eigenvalue weighted by Crippen LogP contribution is 2.28. The fraction of sp³-hybridized carbons (Fsp3) is 0.611. The molecule has 0 radical (unpaired) electrons. The largest absolute Gasteiger partial charge is 0.390 e. The molecule has 4 heteroatoms. The van der Waals surface area contributed by atoms with Gasteiger partial charge in [0.25, 0.3) is 0 Å². The molecule has 1 heterocycles. The number of benzene rings is 1. The van der Waals surface area contributed by atoms with Crippen molar-refractivity contribution in [2.75, 3.05) is 19.6 Å². The van der Waals surface area contributed by atoms with Gasteiger partial charge in [-0.3, -0.25) is 9.69 Å². The van der Waals surface area contributed by atoms with Crippen LogP contribution in [-0.4, -0.2) is 52.6 Å². The van der Waals surface area contributed by atoms with Crippen LogP contribution in [0.5, 0.6) is 0 Å². The molecule has 22 heavy (non-hydrogen) atoms. The van der Waals surface area contributed by atoms with Gasteiger partial charge >= 0.3 is 0 Å². The molecule has 1 amide bonds. The number of carbonyl (C=O) groups is 1. The molecule has 1 N–H and O–H groups in total. The van der Waals surface area contributed by atoms with Crippen molar-refractivity contribution in [2.45, 2.75) is 51.3 Å². The summed E-state index contributed by atoms with van der Waals surface area (Å²) in [5, 5.41) is 10.4. The number of aliphatic hydroxyl groups is 1. The fourth-order valence-electron chi connectivity index (χ4n) is 3.31. The van der Waals surface area contributed by atoms with E-state index in [0.717, 1.165) is 19.5 Å². The van der Waals surface area contributed by atoms with Crippen molar-refractivity contribution in [3.05, 3.63) is 35.4 Å². The lowest BCUT2D eigenvalue weighted by Crippen LogP contribution is -2.41. The van der Waals surface area contributed by atoms with E-state index in [1.807, 2.05) is 4.90 Å². The molecule has 4 nitrogen and oxygen atoms in total. The van der Waals surface area contributed by atoms with Gasteiger partial charge in [0.05, 0.1) is 6.10 Å². The third-order valence-corrected chi connectivity index (χ3v) is 4.58. The second-order valence-corrected chi connectivity index (χ2v) is 6.75. The second kappa shape index (κ2) is 6.80. The number of carbonyl (C=O) groups excluding carboxylic acids is 1. The SMILES string of the molecule is Cc1cccc(CN(CC(O)CN2CCCC2=O)C2CC2)c1. The first kappa shape index (κ1) is 15.5. The number of nitrogens with zero attached hydrogens (tertiary/aromatic N) is 2. The molecule has 2 fully saturated rings. The van der Waals surface area contributed by atoms with E-state index in [4.69, 9.17) is 0 Å². The molecule has 1 aromatic rings. The van der Waals surface area contributed by atoms with E-state index in [0.29, 0.717) is 25.6 Å². The number of aliphatic hydroxyl groups excluding tert-OH is 1. The Hall–Kier alpha value is -1.39. The van der Waals surface area contributed by atoms with Crippen molar-refractivity contribution in [2.24, 2.45) is 0 Å². The number of hydrogen-bond donors (Lipinski definition) is 1. The number of β-amino-alcohol motifs (C(OH)–C–C–N with tert-alkyl or cyclic N) is 1. The van der Waals surface area contributed by atoms with Gasteiger partial charge in [-0.05, 0) is 31.7 Å². The van der Waals surface area contributed by atoms with Crippen LogP contribution in [0.15, 0.2) is 24.3 Å². The van der Waals surface area contributed by atoms with Gasteiger partial charge in [0.1, 0.15) is 0 Å². The topological polar surface area (TPSA) is 43.8 Å². The summed E-state index contributed by atoms with van der Waals surface area (Å²) in [7, 11) is 0. The van der Waals surface area contributed by atoms with Crippen molar-refractivity contribution >= 4 is 5.91 Å². The zero-order chi connectivity index (χ0) is 15.5. The Labute approximate surface area is 132 Å². The molecular weight excluding hydrogens is 276 g/mol. The Bertz CT molecular complexity index is 528. The summed E-state index contributed by atoms with van der Waals surface area (Å²) in [6.07, 6.45) is 3.57. The first-order valence-electron chi connectivity index (χ1n) is 8.37. The molecule has 1 saturated carbocycles. The number of amides is 1. The third kappa shape index (κ3) is 4.08. The molecule has 1 saturated heterocycles. The summed E-state index contributed by atoms with van der Waals surface area (Å²) in [4.78, 5) is 15.9. The van der Waals surface area contributed by atoms with E-state index in [9.17, 15) is 9.90 Å². The minimum absolute atomic E-state index is 0.190. The summed E-state index contributed by atoms with van der Waals surface area (Å²) in [6.45, 7) is 4.94. The molecule has 120 valence electrons. The zero-order valence-electron chi connectivity index (χ0n) is 13.4. The average molecular weight is 302 g/mol. The van der Waals surface area contributed by atoms with Crippen molar-refractivity contribution in [3.63, 3.8) is 0 Å². The minimum Gasteiger partial charge on any atom is -0.390 e. The Morgan fingerprint density at radius 2 is 2.23 bits per heavy atom. The highest BCUT2D eigenvalue weighted by atomic mass is 16.3. The van der Waals surface area contributed by atoms with Crippen LogP contribution < -0.4 is 0 Å². The van der Waals surface area contributed by atoms with E-state index in [2.05, 4.69) is 36.1 Å². The first-order chi connectivity index (χ1) is 10.6. The van der Waals surface area contributed by atoms with E-state index in [1.54, 1.807) is 0 Å². The lowest BCUT2D eigenvalue weighted by atomic mass is 10.1. The van der Waals surface area contributed by atoms with Crippen molar-refractivity contribution in [1.82, 2.24) is 9.80 Å². The van der Waals surface area contributed by atoms with Crippen LogP contribution in [0.1, 0.15) is 36.8 Å². The van der Waals surface area contributed by atoms with Crippen LogP contribution in [0.3, 0.4) is 0 Å². The molecule has 3 rings (SSSR count). The van der Waals surface area contributed by atoms with Gasteiger partial charge in [0, 0.05) is 38.6 Å². The van der Waals surface area contributed by atoms with Crippen molar-refractivity contribution in [3.8, 4) is 0 Å². The van der Waals surface area contributed by atoms with Gasteiger partial charge in [0.15, 0.2) is 0 Å². The van der Waals surface area contributed by atoms with Crippen LogP contribution >= 0.6 is 0 Å². The highest BCUT2D eigenvalue weighted by molar-refractivity contribution is 5.78. The summed E-state index contributed by atoms with van der Waals surface area (Å²) in [5.41, 5.74) is 2.58. The molecule has 1 aliphatic heterocycles. The Balaban J connectivity index is 1.56. The summed E-state index contributed by atoms with van der Waals surface area (Å²) < 4.78 is 0. The number of likely N-dealkylation sites (tertiary alicyclic amines) is 1. The van der Waals surface area contributed by atoms with E-state index in [-0.39, 0.29) is 5.91 Å². The first-order valence-corrected chi connectivity index (χ1v) is 8.37. The quantitative estimate of drug-likeness (QED) is 0.837. The normalized spacial score (nSPS) is 20.0. The predicted molar refractivity (Wildman–Crippen MR) is 86.4 cm³/mol. The van der Waals surface area contributed by atoms with Gasteiger partial charge in [-0.2, -0.15) is 0 Å². The smallest absolute Gasteiger partial charge is 0.222 e. The van der Waals surface area contributed by atoms with E-state index in [1.165, 1.54) is 24.0 Å². The fourth-order valence-corrected chi connectivity index (χ4v) is 3.31. The van der Waals surface area contributed by atoms with Crippen LogP contribution in [0.2, 0.25) is 0 Å². The molecule has 2 aliphatic rings. The van der Waals surface area contributed by atoms with Crippen molar-refractivity contribution < 1.29 is 9.90 Å². The van der Waals surface area contributed by atoms with Crippen LogP contribution in [0, 0.1) is 6.92 Å². The zero-order valence-corrected chi connectivity index (χ0v) is 13.4. The second-order valence-electron chi connectivity index (χ2n) is 6.75. The maximum Gasteiger partial charge on any atom is 0.222 e. The van der Waals surface area contributed by atoms with Crippen molar-refractivity contribution in [1.29, 1.82) is 0 Å². The Kier molecular flexibility index (Phi) is 4.79. The number of hydrogen-bond acceptors (Lipinski definition) is 3. The molecule has 1 aliphatic carbocycles. The van der Waals surface area contributed by atoms with Gasteiger partial charge in [-0.1, -0.05) is 29.8 Å². The van der Waals surface area contributed by atoms with Crippen LogP contribution in [0.4, 0.5) is 0 Å². The standard InChI is InChI=1S/C18H26N2O2/c1-14-4-2-5-15(10-14)11-20(16-7-8-16)13-17(21)12-19-9-3-6-18(19)22/h2,4-5,10,16-17,21H,3,6-9,11-13H2,1H3. The summed E-state index contributed by atoms with van der Waals surface area (Å²) >= 11 is 0. The molecule has 1 unspecified atom stereocenters. The van der Waals surface area contributed by atoms with Crippen LogP contribution in [0.25, 0.3) is 0 Å². The number of rotatable bonds is 7. The van der Waals surface area contributed by atoms with E-state index >= 15 is 0 Å². The van der Waals surface area contributed by atoms with Gasteiger partial charge in [-0.15, -0.1) is 0 Å². The molecule has 1 atom stereocenters. The number of aryl methyl sites for hydroxylation is 1. The van der Waals surface area contributed by atoms with Gasteiger partial charge < -0.3 is 10.0 Å². The Morgan fingerprint density at radius 1 is 1.41 bits per heavy atom. The van der Waals surface area contributed by atoms with Gasteiger partial charge in [-0.25, -0.2) is 0 Å². The summed E-state index contributed by atoms with van der Waals surface area (Å²) in [5.74, 6) is 0.190. The molecule has 0 bridgehead atoms. The predicted octanol–water partition coefficient (Wildman–Crippen LogP) is 1.94. The molecule has 1 aromatic carbocycles. The lowest BCUT2D eigenvalue weighted by Gasteiger charge is -2.27. The monoisotopic (exact) mass is 302 g/mol. The maximum absolute atomic E-state index is 11.7. The minimum atomic E-state index is -0.451. The van der Waals surface area contributed by atoms with E-state index < -0.39 is 6.10 Å².